The van der Waals surface area contributed by atoms with Crippen LogP contribution in [0.4, 0.5) is 18.9 Å². The van der Waals surface area contributed by atoms with Crippen LogP contribution in [0.1, 0.15) is 47.3 Å². The molecule has 0 saturated heterocycles. The molecule has 1 fully saturated rings. The Kier molecular flexibility index (Phi) is 7.18. The molecule has 184 valence electrons. The zero-order valence-corrected chi connectivity index (χ0v) is 19.7. The second-order valence-electron chi connectivity index (χ2n) is 9.06. The number of nitrogens with one attached hydrogen (secondary N) is 1. The van der Waals surface area contributed by atoms with Gasteiger partial charge in [-0.15, -0.1) is 0 Å². The largest absolute Gasteiger partial charge is 0.380 e. The van der Waals surface area contributed by atoms with Crippen LogP contribution in [0.3, 0.4) is 0 Å². The molecule has 0 unspecified atom stereocenters. The van der Waals surface area contributed by atoms with Crippen molar-refractivity contribution in [3.63, 3.8) is 0 Å². The smallest absolute Gasteiger partial charge is 0.274 e. The van der Waals surface area contributed by atoms with Crippen molar-refractivity contribution in [2.75, 3.05) is 12.4 Å². The quantitative estimate of drug-likeness (QED) is 0.533. The Morgan fingerprint density at radius 3 is 2.49 bits per heavy atom. The monoisotopic (exact) mass is 484 g/mol. The Morgan fingerprint density at radius 1 is 1.11 bits per heavy atom. The summed E-state index contributed by atoms with van der Waals surface area (Å²) < 4.78 is 48.9. The third kappa shape index (κ3) is 5.06. The summed E-state index contributed by atoms with van der Waals surface area (Å²) in [6.45, 7) is 3.59. The summed E-state index contributed by atoms with van der Waals surface area (Å²) in [7, 11) is 1.65. The lowest BCUT2D eigenvalue weighted by atomic mass is 9.74. The predicted molar refractivity (Wildman–Crippen MR) is 126 cm³/mol. The number of ether oxygens (including phenoxy) is 1. The Balaban J connectivity index is 1.62. The predicted octanol–water partition coefficient (Wildman–Crippen LogP) is 4.98. The van der Waals surface area contributed by atoms with Crippen LogP contribution in [-0.4, -0.2) is 35.1 Å². The number of halogens is 3. The van der Waals surface area contributed by atoms with Gasteiger partial charge in [0.05, 0.1) is 23.6 Å². The van der Waals surface area contributed by atoms with Gasteiger partial charge in [0.15, 0.2) is 0 Å². The number of hydrogen-bond acceptors (Lipinski definition) is 5. The first kappa shape index (κ1) is 24.8. The number of pyridine rings is 2. The van der Waals surface area contributed by atoms with Crippen molar-refractivity contribution in [1.82, 2.24) is 9.97 Å². The highest BCUT2D eigenvalue weighted by Crippen LogP contribution is 2.39. The molecule has 6 nitrogen and oxygen atoms in total. The van der Waals surface area contributed by atoms with Crippen LogP contribution >= 0.6 is 0 Å². The van der Waals surface area contributed by atoms with Crippen LogP contribution in [0, 0.1) is 30.3 Å². The minimum absolute atomic E-state index is 0.0458. The molecule has 4 atom stereocenters. The summed E-state index contributed by atoms with van der Waals surface area (Å²) >= 11 is 0. The standard InChI is InChI=1S/C26H27F3N4O2/c1-13-8-18(28)23(19(29)9-13)24-17(27)4-5-21(32-24)26(34)33-22-12-31-7-6-16(22)15-10-14(2)25(35-3)20(30)11-15/h4-9,12,14-15,20,25H,10-11,30H2,1-3H3,(H,33,34)/t14-,15+,20+,25-/m0/s1. The van der Waals surface area contributed by atoms with Crippen LogP contribution in [-0.2, 0) is 4.74 Å². The number of benzene rings is 1. The number of aryl methyl sites for hydroxylation is 1. The number of nitrogens with zero attached hydrogens (tertiary/aromatic N) is 2. The summed E-state index contributed by atoms with van der Waals surface area (Å²) in [6, 6.07) is 5.96. The summed E-state index contributed by atoms with van der Waals surface area (Å²) in [5.74, 6) is -3.24. The Bertz CT molecular complexity index is 1220. The van der Waals surface area contributed by atoms with Gasteiger partial charge in [0.25, 0.3) is 5.91 Å². The molecular weight excluding hydrogens is 457 g/mol. The lowest BCUT2D eigenvalue weighted by Gasteiger charge is -2.38. The average molecular weight is 485 g/mol. The van der Waals surface area contributed by atoms with E-state index in [2.05, 4.69) is 22.2 Å². The molecule has 9 heteroatoms. The van der Waals surface area contributed by atoms with E-state index < -0.39 is 34.6 Å². The van der Waals surface area contributed by atoms with Gasteiger partial charge in [-0.2, -0.15) is 0 Å². The molecule has 4 rings (SSSR count). The zero-order valence-electron chi connectivity index (χ0n) is 19.7. The van der Waals surface area contributed by atoms with Gasteiger partial charge in [-0.25, -0.2) is 18.2 Å². The number of amides is 1. The summed E-state index contributed by atoms with van der Waals surface area (Å²) in [5, 5.41) is 2.77. The molecule has 3 N–H and O–H groups in total. The third-order valence-corrected chi connectivity index (χ3v) is 6.51. The Morgan fingerprint density at radius 2 is 1.83 bits per heavy atom. The number of nitrogens with two attached hydrogens (primary N) is 1. The number of hydrogen-bond donors (Lipinski definition) is 2. The number of aromatic nitrogens is 2. The average Bonchev–Trinajstić information content (AvgIpc) is 2.79. The molecule has 1 aliphatic carbocycles. The second kappa shape index (κ2) is 10.1. The molecule has 2 heterocycles. The minimum atomic E-state index is -0.960. The van der Waals surface area contributed by atoms with E-state index in [9.17, 15) is 18.0 Å². The fourth-order valence-electron chi connectivity index (χ4n) is 4.95. The van der Waals surface area contributed by atoms with Gasteiger partial charge in [0.2, 0.25) is 0 Å². The molecule has 3 aromatic rings. The lowest BCUT2D eigenvalue weighted by Crippen LogP contribution is -2.45. The number of methoxy groups -OCH3 is 1. The normalized spacial score (nSPS) is 22.1. The van der Waals surface area contributed by atoms with Gasteiger partial charge >= 0.3 is 0 Å². The molecule has 0 spiro atoms. The number of carbonyl (C=O) groups is 1. The van der Waals surface area contributed by atoms with Crippen LogP contribution in [0.25, 0.3) is 11.3 Å². The molecular formula is C26H27F3N4O2. The molecule has 0 radical (unpaired) electrons. The molecule has 35 heavy (non-hydrogen) atoms. The van der Waals surface area contributed by atoms with E-state index in [0.29, 0.717) is 17.7 Å². The van der Waals surface area contributed by atoms with Crippen molar-refractivity contribution in [3.05, 3.63) is 77.0 Å². The van der Waals surface area contributed by atoms with Crippen LogP contribution in [0.5, 0.6) is 0 Å². The van der Waals surface area contributed by atoms with E-state index in [0.717, 1.165) is 36.2 Å². The zero-order chi connectivity index (χ0) is 25.3. The molecule has 1 aromatic carbocycles. The van der Waals surface area contributed by atoms with Crippen molar-refractivity contribution in [1.29, 1.82) is 0 Å². The SMILES string of the molecule is CO[C@@H]1[C@H](N)C[C@H](c2ccncc2NC(=O)c2ccc(F)c(-c3c(F)cc(C)cc3F)n2)C[C@@H]1C. The van der Waals surface area contributed by atoms with Gasteiger partial charge in [-0.1, -0.05) is 6.92 Å². The first-order valence-corrected chi connectivity index (χ1v) is 11.4. The lowest BCUT2D eigenvalue weighted by molar-refractivity contribution is 0.00983. The third-order valence-electron chi connectivity index (χ3n) is 6.51. The summed E-state index contributed by atoms with van der Waals surface area (Å²) in [6.07, 6.45) is 4.59. The highest BCUT2D eigenvalue weighted by Gasteiger charge is 2.35. The van der Waals surface area contributed by atoms with E-state index in [1.54, 1.807) is 13.3 Å². The van der Waals surface area contributed by atoms with Crippen LogP contribution in [0.2, 0.25) is 0 Å². The van der Waals surface area contributed by atoms with Gasteiger partial charge in [0, 0.05) is 19.3 Å². The van der Waals surface area contributed by atoms with E-state index in [1.807, 2.05) is 6.07 Å². The molecule has 0 aliphatic heterocycles. The van der Waals surface area contributed by atoms with Crippen molar-refractivity contribution >= 4 is 11.6 Å². The maximum absolute atomic E-state index is 14.5. The van der Waals surface area contributed by atoms with Crippen molar-refractivity contribution < 1.29 is 22.7 Å². The first-order chi connectivity index (χ1) is 16.7. The van der Waals surface area contributed by atoms with Gasteiger partial charge in [0.1, 0.15) is 28.8 Å². The fourth-order valence-corrected chi connectivity index (χ4v) is 4.95. The van der Waals surface area contributed by atoms with Crippen molar-refractivity contribution in [2.24, 2.45) is 11.7 Å². The Labute approximate surface area is 201 Å². The molecule has 0 bridgehead atoms. The highest BCUT2D eigenvalue weighted by molar-refractivity contribution is 6.03. The highest BCUT2D eigenvalue weighted by atomic mass is 19.1. The van der Waals surface area contributed by atoms with Gasteiger partial charge in [-0.3, -0.25) is 9.78 Å². The van der Waals surface area contributed by atoms with E-state index >= 15 is 0 Å². The van der Waals surface area contributed by atoms with Crippen LogP contribution < -0.4 is 11.1 Å². The number of anilines is 1. The molecule has 1 saturated carbocycles. The maximum atomic E-state index is 14.5. The fraction of sp³-hybridized carbons (Fsp3) is 0.346. The van der Waals surface area contributed by atoms with E-state index in [-0.39, 0.29) is 29.7 Å². The van der Waals surface area contributed by atoms with Crippen molar-refractivity contribution in [2.45, 2.75) is 44.8 Å². The molecule has 1 amide bonds. The number of carbonyl (C=O) groups excluding carboxylic acids is 1. The summed E-state index contributed by atoms with van der Waals surface area (Å²) in [5.41, 5.74) is 6.63. The minimum Gasteiger partial charge on any atom is -0.380 e. The Hall–Kier alpha value is -3.30. The van der Waals surface area contributed by atoms with Gasteiger partial charge in [-0.05, 0) is 73.1 Å². The number of rotatable bonds is 5. The van der Waals surface area contributed by atoms with E-state index in [1.165, 1.54) is 13.1 Å². The van der Waals surface area contributed by atoms with Gasteiger partial charge < -0.3 is 15.8 Å². The first-order valence-electron chi connectivity index (χ1n) is 11.4. The second-order valence-corrected chi connectivity index (χ2v) is 9.06. The van der Waals surface area contributed by atoms with Crippen LogP contribution in [0.15, 0.2) is 42.7 Å². The summed E-state index contributed by atoms with van der Waals surface area (Å²) in [4.78, 5) is 21.1. The van der Waals surface area contributed by atoms with E-state index in [4.69, 9.17) is 10.5 Å². The van der Waals surface area contributed by atoms with Crippen molar-refractivity contribution in [3.8, 4) is 11.3 Å². The topological polar surface area (TPSA) is 90.1 Å². The maximum Gasteiger partial charge on any atom is 0.274 e. The molecule has 2 aromatic heterocycles. The molecule has 1 aliphatic rings.